The average molecular weight is 409 g/mol. The van der Waals surface area contributed by atoms with Crippen LogP contribution in [0, 0.1) is 0 Å². The Kier molecular flexibility index (Phi) is 6.47. The second kappa shape index (κ2) is 9.05. The molecule has 1 heterocycles. The first kappa shape index (κ1) is 21.5. The number of ether oxygens (including phenoxy) is 3. The van der Waals surface area contributed by atoms with Gasteiger partial charge in [-0.2, -0.15) is 0 Å². The maximum atomic E-state index is 11.5. The minimum Gasteiger partial charge on any atom is -0.493 e. The third-order valence-corrected chi connectivity index (χ3v) is 5.16. The zero-order chi connectivity index (χ0) is 21.8. The number of carboxylic acids is 1. The fourth-order valence-electron chi connectivity index (χ4n) is 3.85. The van der Waals surface area contributed by atoms with Crippen LogP contribution in [0.25, 0.3) is 28.2 Å². The lowest BCUT2D eigenvalue weighted by Crippen LogP contribution is -2.03. The van der Waals surface area contributed by atoms with E-state index in [2.05, 4.69) is 23.6 Å². The number of hydrogen-bond donors (Lipinski definition) is 1. The number of carboxylic acid groups (broad SMARTS) is 1. The molecule has 1 aromatic heterocycles. The summed E-state index contributed by atoms with van der Waals surface area (Å²) in [6, 6.07) is 11.9. The third-order valence-electron chi connectivity index (χ3n) is 5.16. The molecule has 0 radical (unpaired) electrons. The van der Waals surface area contributed by atoms with Crippen molar-refractivity contribution in [2.75, 3.05) is 21.0 Å². The van der Waals surface area contributed by atoms with Crippen molar-refractivity contribution < 1.29 is 24.1 Å². The number of rotatable bonds is 8. The Labute approximate surface area is 176 Å². The van der Waals surface area contributed by atoms with Crippen molar-refractivity contribution in [1.29, 1.82) is 0 Å². The smallest absolute Gasteiger partial charge is 0.331 e. The molecule has 1 N–H and O–H groups in total. The molecule has 3 rings (SSSR count). The molecule has 0 bridgehead atoms. The van der Waals surface area contributed by atoms with Gasteiger partial charge in [-0.05, 0) is 36.6 Å². The lowest BCUT2D eigenvalue weighted by Gasteiger charge is -2.15. The van der Waals surface area contributed by atoms with Gasteiger partial charge in [-0.3, -0.25) is 0 Å². The number of aryl methyl sites for hydroxylation is 2. The van der Waals surface area contributed by atoms with E-state index in [1.165, 1.54) is 0 Å². The van der Waals surface area contributed by atoms with Crippen LogP contribution in [0.2, 0.25) is 0 Å². The topological polar surface area (TPSA) is 69.9 Å². The van der Waals surface area contributed by atoms with E-state index in [4.69, 9.17) is 14.2 Å². The van der Waals surface area contributed by atoms with Crippen LogP contribution in [0.15, 0.2) is 42.0 Å². The Morgan fingerprint density at radius 1 is 1.20 bits per heavy atom. The molecule has 3 aromatic rings. The fraction of sp³-hybridized carbons (Fsp3) is 0.292. The molecule has 0 aliphatic heterocycles. The van der Waals surface area contributed by atoms with Gasteiger partial charge in [0.1, 0.15) is 0 Å². The molecular weight excluding hydrogens is 382 g/mol. The van der Waals surface area contributed by atoms with Gasteiger partial charge in [0.15, 0.2) is 18.3 Å². The van der Waals surface area contributed by atoms with Crippen LogP contribution >= 0.6 is 0 Å². The lowest BCUT2D eigenvalue weighted by molar-refractivity contribution is -0.132. The van der Waals surface area contributed by atoms with Crippen LogP contribution in [-0.2, 0) is 23.0 Å². The number of nitrogens with zero attached hydrogens (tertiary/aromatic N) is 1. The van der Waals surface area contributed by atoms with Crippen molar-refractivity contribution in [3.05, 3.63) is 53.1 Å². The first-order valence-corrected chi connectivity index (χ1v) is 9.75. The minimum atomic E-state index is -0.963. The van der Waals surface area contributed by atoms with E-state index < -0.39 is 5.97 Å². The molecule has 6 heteroatoms. The van der Waals surface area contributed by atoms with Crippen LogP contribution < -0.4 is 9.47 Å². The third kappa shape index (κ3) is 3.78. The average Bonchev–Trinajstić information content (AvgIpc) is 3.05. The number of fused-ring (bicyclic) bond motifs is 1. The molecule has 158 valence electrons. The predicted molar refractivity (Wildman–Crippen MR) is 118 cm³/mol. The van der Waals surface area contributed by atoms with E-state index >= 15 is 0 Å². The summed E-state index contributed by atoms with van der Waals surface area (Å²) in [5.74, 6) is 0.160. The van der Waals surface area contributed by atoms with E-state index in [-0.39, 0.29) is 12.4 Å². The molecule has 0 aliphatic rings. The van der Waals surface area contributed by atoms with Crippen molar-refractivity contribution in [1.82, 2.24) is 4.57 Å². The van der Waals surface area contributed by atoms with Gasteiger partial charge in [0, 0.05) is 25.3 Å². The highest BCUT2D eigenvalue weighted by atomic mass is 16.7. The first-order chi connectivity index (χ1) is 14.4. The Morgan fingerprint density at radius 2 is 1.90 bits per heavy atom. The molecule has 6 nitrogen and oxygen atoms in total. The van der Waals surface area contributed by atoms with Gasteiger partial charge in [0.2, 0.25) is 0 Å². The molecular formula is C24H27NO5. The van der Waals surface area contributed by atoms with Crippen molar-refractivity contribution in [3.8, 4) is 22.8 Å². The molecule has 0 saturated heterocycles. The summed E-state index contributed by atoms with van der Waals surface area (Å²) in [6.45, 7) is 3.75. The van der Waals surface area contributed by atoms with Crippen LogP contribution in [-0.4, -0.2) is 36.7 Å². The summed E-state index contributed by atoms with van der Waals surface area (Å²) in [5.41, 5.74) is 5.13. The summed E-state index contributed by atoms with van der Waals surface area (Å²) in [6.07, 6.45) is 2.43. The molecule has 0 saturated carbocycles. The Hall–Kier alpha value is -3.25. The lowest BCUT2D eigenvalue weighted by atomic mass is 10.00. The first-order valence-electron chi connectivity index (χ1n) is 9.75. The van der Waals surface area contributed by atoms with E-state index in [9.17, 15) is 9.90 Å². The van der Waals surface area contributed by atoms with Crippen LogP contribution in [0.3, 0.4) is 0 Å². The summed E-state index contributed by atoms with van der Waals surface area (Å²) in [4.78, 5) is 11.5. The molecule has 0 spiro atoms. The van der Waals surface area contributed by atoms with Crippen molar-refractivity contribution in [2.24, 2.45) is 7.05 Å². The van der Waals surface area contributed by atoms with E-state index in [1.807, 2.05) is 31.3 Å². The highest BCUT2D eigenvalue weighted by molar-refractivity contribution is 6.04. The van der Waals surface area contributed by atoms with Gasteiger partial charge in [0.25, 0.3) is 0 Å². The monoisotopic (exact) mass is 409 g/mol. The van der Waals surface area contributed by atoms with Gasteiger partial charge >= 0.3 is 5.97 Å². The van der Waals surface area contributed by atoms with Gasteiger partial charge in [-0.1, -0.05) is 37.3 Å². The largest absolute Gasteiger partial charge is 0.493 e. The van der Waals surface area contributed by atoms with E-state index in [0.717, 1.165) is 39.7 Å². The van der Waals surface area contributed by atoms with Crippen molar-refractivity contribution >= 4 is 22.9 Å². The SMILES string of the molecule is CCc1c(-c2ccccc2)n(C)c2c(/C=C(\C)C(=O)O)cc(OC)c(OCOC)c12. The van der Waals surface area contributed by atoms with Gasteiger partial charge in [0.05, 0.1) is 23.7 Å². The highest BCUT2D eigenvalue weighted by Gasteiger charge is 2.24. The highest BCUT2D eigenvalue weighted by Crippen LogP contribution is 2.45. The summed E-state index contributed by atoms with van der Waals surface area (Å²) in [7, 11) is 5.13. The minimum absolute atomic E-state index is 0.0769. The zero-order valence-corrected chi connectivity index (χ0v) is 18.0. The summed E-state index contributed by atoms with van der Waals surface area (Å²) >= 11 is 0. The molecule has 0 amide bonds. The van der Waals surface area contributed by atoms with E-state index in [1.54, 1.807) is 27.2 Å². The van der Waals surface area contributed by atoms with Crippen LogP contribution in [0.5, 0.6) is 11.5 Å². The van der Waals surface area contributed by atoms with Gasteiger partial charge in [-0.25, -0.2) is 4.79 Å². The second-order valence-corrected chi connectivity index (χ2v) is 7.01. The molecule has 0 aliphatic carbocycles. The Balaban J connectivity index is 2.48. The Morgan fingerprint density at radius 3 is 2.47 bits per heavy atom. The van der Waals surface area contributed by atoms with Gasteiger partial charge in [-0.15, -0.1) is 0 Å². The molecule has 0 unspecified atom stereocenters. The second-order valence-electron chi connectivity index (χ2n) is 7.01. The number of aliphatic carboxylic acids is 1. The van der Waals surface area contributed by atoms with E-state index in [0.29, 0.717) is 11.5 Å². The number of hydrogen-bond acceptors (Lipinski definition) is 4. The Bertz CT molecular complexity index is 1100. The maximum Gasteiger partial charge on any atom is 0.331 e. The number of aromatic nitrogens is 1. The normalized spacial score (nSPS) is 11.7. The fourth-order valence-corrected chi connectivity index (χ4v) is 3.85. The quantitative estimate of drug-likeness (QED) is 0.424. The molecule has 0 atom stereocenters. The zero-order valence-electron chi connectivity index (χ0n) is 18.0. The molecule has 30 heavy (non-hydrogen) atoms. The predicted octanol–water partition coefficient (Wildman–Crippen LogP) is 4.89. The summed E-state index contributed by atoms with van der Waals surface area (Å²) < 4.78 is 18.8. The molecule has 0 fully saturated rings. The molecule has 2 aromatic carbocycles. The number of methoxy groups -OCH3 is 2. The van der Waals surface area contributed by atoms with Gasteiger partial charge < -0.3 is 23.9 Å². The standard InChI is InChI=1S/C24H27NO5/c1-6-18-20-22(25(3)21(18)16-10-8-7-9-11-16)17(12-15(2)24(26)27)13-19(29-5)23(20)30-14-28-4/h7-13H,6,14H2,1-5H3,(H,26,27)/b15-12+. The number of carbonyl (C=O) groups is 1. The van der Waals surface area contributed by atoms with Crippen molar-refractivity contribution in [2.45, 2.75) is 20.3 Å². The maximum absolute atomic E-state index is 11.5. The van der Waals surface area contributed by atoms with Crippen molar-refractivity contribution in [3.63, 3.8) is 0 Å². The number of benzene rings is 2. The summed E-state index contributed by atoms with van der Waals surface area (Å²) in [5, 5.41) is 10.3. The van der Waals surface area contributed by atoms with Crippen LogP contribution in [0.1, 0.15) is 25.0 Å². The van der Waals surface area contributed by atoms with Crippen LogP contribution in [0.4, 0.5) is 0 Å².